The highest BCUT2D eigenvalue weighted by Crippen LogP contribution is 2.20. The van der Waals surface area contributed by atoms with Crippen LogP contribution >= 0.6 is 0 Å². The summed E-state index contributed by atoms with van der Waals surface area (Å²) in [5.41, 5.74) is 1.15. The Balaban J connectivity index is 1.78. The highest BCUT2D eigenvalue weighted by atomic mass is 16.5. The molecule has 1 aromatic carbocycles. The van der Waals surface area contributed by atoms with E-state index < -0.39 is 6.10 Å². The first-order chi connectivity index (χ1) is 13.9. The maximum absolute atomic E-state index is 10.3. The van der Waals surface area contributed by atoms with Gasteiger partial charge in [0, 0.05) is 18.6 Å². The predicted octanol–water partition coefficient (Wildman–Crippen LogP) is 2.94. The Morgan fingerprint density at radius 2 is 1.86 bits per heavy atom. The van der Waals surface area contributed by atoms with Gasteiger partial charge >= 0.3 is 0 Å². The highest BCUT2D eigenvalue weighted by Gasteiger charge is 2.27. The van der Waals surface area contributed by atoms with Gasteiger partial charge in [0.25, 0.3) is 0 Å². The van der Waals surface area contributed by atoms with E-state index in [1.54, 1.807) is 0 Å². The van der Waals surface area contributed by atoms with Crippen molar-refractivity contribution in [2.45, 2.75) is 64.7 Å². The number of ether oxygens (including phenoxy) is 1. The highest BCUT2D eigenvalue weighted by molar-refractivity contribution is 5.79. The van der Waals surface area contributed by atoms with Crippen LogP contribution in [0.25, 0.3) is 0 Å². The summed E-state index contributed by atoms with van der Waals surface area (Å²) >= 11 is 0. The topological polar surface area (TPSA) is 69.1 Å². The second kappa shape index (κ2) is 12.2. The Labute approximate surface area is 176 Å². The molecule has 0 radical (unpaired) electrons. The van der Waals surface area contributed by atoms with Gasteiger partial charge in [0.15, 0.2) is 5.96 Å². The van der Waals surface area contributed by atoms with E-state index in [1.807, 2.05) is 44.2 Å². The molecule has 0 spiro atoms. The summed E-state index contributed by atoms with van der Waals surface area (Å²) in [4.78, 5) is 7.31. The summed E-state index contributed by atoms with van der Waals surface area (Å²) in [5, 5.41) is 16.8. The second-order valence-corrected chi connectivity index (χ2v) is 8.48. The average Bonchev–Trinajstić information content (AvgIpc) is 2.75. The fraction of sp³-hybridized carbons (Fsp3) is 0.696. The minimum atomic E-state index is -0.597. The number of nitrogens with one attached hydrogen (secondary N) is 2. The minimum absolute atomic E-state index is 0.0373. The lowest BCUT2D eigenvalue weighted by molar-refractivity contribution is -0.000607. The van der Waals surface area contributed by atoms with Gasteiger partial charge in [-0.05, 0) is 59.2 Å². The summed E-state index contributed by atoms with van der Waals surface area (Å²) in [5.74, 6) is 0.743. The smallest absolute Gasteiger partial charge is 0.191 e. The molecule has 2 rings (SSSR count). The van der Waals surface area contributed by atoms with E-state index in [1.165, 1.54) is 19.3 Å². The van der Waals surface area contributed by atoms with Gasteiger partial charge in [-0.15, -0.1) is 0 Å². The van der Waals surface area contributed by atoms with Crippen molar-refractivity contribution in [2.75, 3.05) is 39.3 Å². The van der Waals surface area contributed by atoms with Crippen LogP contribution in [-0.2, 0) is 4.74 Å². The standard InChI is InChI=1S/C23H40N4O2/c1-5-24-22(26-18-23(3,4)27-14-10-7-11-15-27)25-16-21(28)17-29-19(2)20-12-8-6-9-13-20/h6,8-9,12-13,19,21,28H,5,7,10-11,14-18H2,1-4H3,(H2,24,25,26). The molecule has 6 heteroatoms. The van der Waals surface area contributed by atoms with E-state index in [-0.39, 0.29) is 18.2 Å². The molecular formula is C23H40N4O2. The zero-order valence-electron chi connectivity index (χ0n) is 18.7. The van der Waals surface area contributed by atoms with Gasteiger partial charge in [-0.1, -0.05) is 36.8 Å². The summed E-state index contributed by atoms with van der Waals surface area (Å²) in [6.07, 6.45) is 3.25. The number of hydrogen-bond acceptors (Lipinski definition) is 4. The van der Waals surface area contributed by atoms with Gasteiger partial charge in [0.2, 0.25) is 0 Å². The van der Waals surface area contributed by atoms with E-state index in [2.05, 4.69) is 29.4 Å². The van der Waals surface area contributed by atoms with Crippen LogP contribution in [0.3, 0.4) is 0 Å². The molecule has 1 aromatic rings. The van der Waals surface area contributed by atoms with Crippen LogP contribution in [0.2, 0.25) is 0 Å². The molecule has 29 heavy (non-hydrogen) atoms. The van der Waals surface area contributed by atoms with Crippen LogP contribution < -0.4 is 10.6 Å². The number of benzene rings is 1. The molecule has 2 unspecified atom stereocenters. The number of hydrogen-bond donors (Lipinski definition) is 3. The van der Waals surface area contributed by atoms with Crippen LogP contribution in [0.4, 0.5) is 0 Å². The molecule has 1 aliphatic heterocycles. The van der Waals surface area contributed by atoms with Crippen molar-refractivity contribution in [1.82, 2.24) is 15.5 Å². The Kier molecular flexibility index (Phi) is 9.91. The molecule has 3 N–H and O–H groups in total. The molecule has 1 aliphatic rings. The van der Waals surface area contributed by atoms with Crippen LogP contribution in [0, 0.1) is 0 Å². The molecule has 1 saturated heterocycles. The minimum Gasteiger partial charge on any atom is -0.389 e. The molecule has 0 aromatic heterocycles. The first-order valence-electron chi connectivity index (χ1n) is 11.0. The summed E-state index contributed by atoms with van der Waals surface area (Å²) in [6.45, 7) is 13.1. The lowest BCUT2D eigenvalue weighted by Crippen LogP contribution is -2.50. The van der Waals surface area contributed by atoms with Crippen molar-refractivity contribution in [1.29, 1.82) is 0 Å². The summed E-state index contributed by atoms with van der Waals surface area (Å²) in [6, 6.07) is 10.1. The Hall–Kier alpha value is -1.63. The van der Waals surface area contributed by atoms with Crippen molar-refractivity contribution in [3.05, 3.63) is 35.9 Å². The van der Waals surface area contributed by atoms with Gasteiger partial charge in [0.05, 0.1) is 25.4 Å². The molecule has 2 atom stereocenters. The molecule has 6 nitrogen and oxygen atoms in total. The van der Waals surface area contributed by atoms with Crippen molar-refractivity contribution in [2.24, 2.45) is 4.99 Å². The van der Waals surface area contributed by atoms with Gasteiger partial charge < -0.3 is 20.5 Å². The van der Waals surface area contributed by atoms with Crippen LogP contribution in [0.5, 0.6) is 0 Å². The fourth-order valence-electron chi connectivity index (χ4n) is 3.56. The number of aliphatic hydroxyl groups is 1. The van der Waals surface area contributed by atoms with E-state index in [0.717, 1.165) is 37.7 Å². The Morgan fingerprint density at radius 3 is 2.52 bits per heavy atom. The third kappa shape index (κ3) is 8.33. The number of nitrogens with zero attached hydrogens (tertiary/aromatic N) is 2. The number of guanidine groups is 1. The largest absolute Gasteiger partial charge is 0.389 e. The zero-order valence-corrected chi connectivity index (χ0v) is 18.7. The monoisotopic (exact) mass is 404 g/mol. The van der Waals surface area contributed by atoms with Crippen LogP contribution in [-0.4, -0.2) is 66.9 Å². The normalized spacial score (nSPS) is 18.3. The van der Waals surface area contributed by atoms with E-state index >= 15 is 0 Å². The maximum atomic E-state index is 10.3. The SMILES string of the molecule is CCNC(=NCC(C)(C)N1CCCCC1)NCC(O)COC(C)c1ccccc1. The number of piperidine rings is 1. The Bertz CT molecular complexity index is 600. The van der Waals surface area contributed by atoms with Gasteiger partial charge in [-0.3, -0.25) is 9.89 Å². The first-order valence-corrected chi connectivity index (χ1v) is 11.0. The third-order valence-corrected chi connectivity index (χ3v) is 5.49. The number of aliphatic imine (C=N–C) groups is 1. The summed E-state index contributed by atoms with van der Waals surface area (Å²) < 4.78 is 5.82. The first kappa shape index (κ1) is 23.6. The molecule has 0 amide bonds. The molecule has 1 heterocycles. The van der Waals surface area contributed by atoms with Crippen LogP contribution in [0.1, 0.15) is 58.6 Å². The van der Waals surface area contributed by atoms with Gasteiger partial charge in [-0.25, -0.2) is 0 Å². The molecule has 0 bridgehead atoms. The van der Waals surface area contributed by atoms with Gasteiger partial charge in [0.1, 0.15) is 0 Å². The van der Waals surface area contributed by atoms with Gasteiger partial charge in [-0.2, -0.15) is 0 Å². The van der Waals surface area contributed by atoms with E-state index in [4.69, 9.17) is 9.73 Å². The molecule has 1 fully saturated rings. The van der Waals surface area contributed by atoms with Crippen molar-refractivity contribution in [3.8, 4) is 0 Å². The zero-order chi connectivity index (χ0) is 21.1. The lowest BCUT2D eigenvalue weighted by Gasteiger charge is -2.40. The predicted molar refractivity (Wildman–Crippen MR) is 120 cm³/mol. The van der Waals surface area contributed by atoms with Crippen molar-refractivity contribution in [3.63, 3.8) is 0 Å². The third-order valence-electron chi connectivity index (χ3n) is 5.49. The Morgan fingerprint density at radius 1 is 1.17 bits per heavy atom. The average molecular weight is 405 g/mol. The van der Waals surface area contributed by atoms with E-state index in [0.29, 0.717) is 6.54 Å². The molecule has 0 saturated carbocycles. The molecule has 164 valence electrons. The molecular weight excluding hydrogens is 364 g/mol. The summed E-state index contributed by atoms with van der Waals surface area (Å²) in [7, 11) is 0. The second-order valence-electron chi connectivity index (χ2n) is 8.48. The van der Waals surface area contributed by atoms with Crippen LogP contribution in [0.15, 0.2) is 35.3 Å². The quantitative estimate of drug-likeness (QED) is 0.413. The number of rotatable bonds is 10. The number of aliphatic hydroxyl groups excluding tert-OH is 1. The van der Waals surface area contributed by atoms with Crippen molar-refractivity contribution >= 4 is 5.96 Å². The fourth-order valence-corrected chi connectivity index (χ4v) is 3.56. The van der Waals surface area contributed by atoms with E-state index in [9.17, 15) is 5.11 Å². The number of likely N-dealkylation sites (tertiary alicyclic amines) is 1. The molecule has 0 aliphatic carbocycles. The lowest BCUT2D eigenvalue weighted by atomic mass is 9.99. The maximum Gasteiger partial charge on any atom is 0.191 e. The van der Waals surface area contributed by atoms with Crippen molar-refractivity contribution < 1.29 is 9.84 Å².